The lowest BCUT2D eigenvalue weighted by Gasteiger charge is -2.35. The number of alkyl carbamates (subject to hydrolysis) is 1. The smallest absolute Gasteiger partial charge is 0.408 e. The van der Waals surface area contributed by atoms with Gasteiger partial charge in [-0.3, -0.25) is 14.4 Å². The van der Waals surface area contributed by atoms with Gasteiger partial charge < -0.3 is 26.0 Å². The maximum absolute atomic E-state index is 14.2. The van der Waals surface area contributed by atoms with Gasteiger partial charge in [0.2, 0.25) is 17.7 Å². The number of hydrogen-bond acceptors (Lipinski definition) is 5. The Bertz CT molecular complexity index is 1030. The van der Waals surface area contributed by atoms with Crippen LogP contribution in [0.3, 0.4) is 0 Å². The summed E-state index contributed by atoms with van der Waals surface area (Å²) < 4.78 is 5.38. The van der Waals surface area contributed by atoms with Gasteiger partial charge in [0, 0.05) is 24.6 Å². The zero-order valence-corrected chi connectivity index (χ0v) is 25.0. The van der Waals surface area contributed by atoms with Gasteiger partial charge in [-0.25, -0.2) is 4.79 Å². The van der Waals surface area contributed by atoms with Crippen molar-refractivity contribution in [2.45, 2.75) is 117 Å². The Morgan fingerprint density at radius 1 is 1.02 bits per heavy atom. The van der Waals surface area contributed by atoms with E-state index in [1.165, 1.54) is 4.90 Å². The number of hydrogen-bond donors (Lipinski definition) is 3. The largest absolute Gasteiger partial charge is 0.444 e. The number of terminal acetylenes is 1. The Morgan fingerprint density at radius 2 is 1.70 bits per heavy atom. The highest BCUT2D eigenvalue weighted by molar-refractivity contribution is 5.93. The Kier molecular flexibility index (Phi) is 14.8. The van der Waals surface area contributed by atoms with E-state index in [1.54, 1.807) is 45.0 Å². The number of unbranched alkanes of at least 4 members (excludes halogenated alkanes) is 3. The Balaban J connectivity index is 3.61. The molecule has 0 fully saturated rings. The molecule has 1 aromatic carbocycles. The van der Waals surface area contributed by atoms with Crippen LogP contribution >= 0.6 is 0 Å². The van der Waals surface area contributed by atoms with E-state index in [-0.39, 0.29) is 31.3 Å². The van der Waals surface area contributed by atoms with Crippen molar-refractivity contribution >= 4 is 23.8 Å². The van der Waals surface area contributed by atoms with Crippen LogP contribution < -0.4 is 16.4 Å². The Morgan fingerprint density at radius 3 is 2.27 bits per heavy atom. The number of nitrogens with zero attached hydrogens (tertiary/aromatic N) is 1. The van der Waals surface area contributed by atoms with Crippen LogP contribution in [0.1, 0.15) is 110 Å². The number of amides is 4. The number of ether oxygens (including phenoxy) is 1. The second-order valence-electron chi connectivity index (χ2n) is 11.1. The maximum Gasteiger partial charge on any atom is 0.408 e. The van der Waals surface area contributed by atoms with Gasteiger partial charge in [-0.1, -0.05) is 63.7 Å². The minimum atomic E-state index is -1.14. The minimum absolute atomic E-state index is 0.0454. The van der Waals surface area contributed by atoms with Crippen molar-refractivity contribution in [2.75, 3.05) is 6.54 Å². The molecule has 40 heavy (non-hydrogen) atoms. The number of carbonyl (C=O) groups excluding carboxylic acids is 4. The predicted molar refractivity (Wildman–Crippen MR) is 157 cm³/mol. The Hall–Kier alpha value is -3.54. The summed E-state index contributed by atoms with van der Waals surface area (Å²) in [5.41, 5.74) is 5.59. The molecule has 0 bridgehead atoms. The summed E-state index contributed by atoms with van der Waals surface area (Å²) in [6, 6.07) is 4.72. The third-order valence-corrected chi connectivity index (χ3v) is 6.29. The fourth-order valence-corrected chi connectivity index (χ4v) is 4.41. The minimum Gasteiger partial charge on any atom is -0.444 e. The first kappa shape index (κ1) is 34.5. The molecule has 0 saturated carbocycles. The summed E-state index contributed by atoms with van der Waals surface area (Å²) in [7, 11) is 0. The van der Waals surface area contributed by atoms with Crippen molar-refractivity contribution in [3.05, 3.63) is 35.4 Å². The zero-order chi connectivity index (χ0) is 30.3. The summed E-state index contributed by atoms with van der Waals surface area (Å²) in [5, 5.41) is 5.65. The van der Waals surface area contributed by atoms with Gasteiger partial charge in [-0.05, 0) is 58.6 Å². The van der Waals surface area contributed by atoms with Gasteiger partial charge in [0.1, 0.15) is 17.7 Å². The van der Waals surface area contributed by atoms with Crippen molar-refractivity contribution in [1.82, 2.24) is 15.5 Å². The van der Waals surface area contributed by atoms with Crippen LogP contribution in [-0.4, -0.2) is 52.9 Å². The first-order chi connectivity index (χ1) is 18.8. The van der Waals surface area contributed by atoms with Crippen LogP contribution in [0.2, 0.25) is 0 Å². The van der Waals surface area contributed by atoms with Crippen LogP contribution in [0, 0.1) is 12.3 Å². The van der Waals surface area contributed by atoms with Gasteiger partial charge >= 0.3 is 6.09 Å². The summed E-state index contributed by atoms with van der Waals surface area (Å²) >= 11 is 0. The lowest BCUT2D eigenvalue weighted by molar-refractivity contribution is -0.143. The van der Waals surface area contributed by atoms with Crippen LogP contribution in [0.5, 0.6) is 0 Å². The number of primary amides is 1. The highest BCUT2D eigenvalue weighted by Crippen LogP contribution is 2.27. The van der Waals surface area contributed by atoms with E-state index in [9.17, 15) is 19.2 Å². The molecule has 3 atom stereocenters. The molecule has 0 radical (unpaired) electrons. The zero-order valence-electron chi connectivity index (χ0n) is 25.0. The lowest BCUT2D eigenvalue weighted by Crippen LogP contribution is -2.54. The standard InChI is InChI=1S/C31H48N4O5/c1-8-11-12-15-21-35(29(38)25(19-20-26(32)36)34-30(39)40-31(5,6)7)27(28(37)33-22(4)16-9-2)24-18-14-13-17-23(24)10-3/h3,13-14,17-18,22,25,27H,8-9,11-12,15-16,19-21H2,1-2,4-7H3,(H2,32,36)(H,33,37)(H,34,39). The van der Waals surface area contributed by atoms with Crippen LogP contribution in [0.25, 0.3) is 0 Å². The molecule has 4 N–H and O–H groups in total. The molecule has 9 nitrogen and oxygen atoms in total. The van der Waals surface area contributed by atoms with Crippen LogP contribution in [0.4, 0.5) is 4.79 Å². The quantitative estimate of drug-likeness (QED) is 0.203. The molecule has 0 aliphatic carbocycles. The van der Waals surface area contributed by atoms with Crippen molar-refractivity contribution < 1.29 is 23.9 Å². The van der Waals surface area contributed by atoms with E-state index in [0.717, 1.165) is 32.1 Å². The normalized spacial score (nSPS) is 13.3. The molecule has 0 saturated heterocycles. The van der Waals surface area contributed by atoms with Gasteiger partial charge in [0.05, 0.1) is 0 Å². The van der Waals surface area contributed by atoms with Crippen molar-refractivity contribution in [1.29, 1.82) is 0 Å². The molecule has 9 heteroatoms. The first-order valence-corrected chi connectivity index (χ1v) is 14.3. The SMILES string of the molecule is C#Cc1ccccc1C(C(=O)NC(C)CCC)N(CCCCCC)C(=O)C(CCC(N)=O)NC(=O)OC(C)(C)C. The molecule has 4 amide bonds. The van der Waals surface area contributed by atoms with E-state index in [1.807, 2.05) is 13.8 Å². The lowest BCUT2D eigenvalue weighted by atomic mass is 9.96. The first-order valence-electron chi connectivity index (χ1n) is 14.3. The average Bonchev–Trinajstić information content (AvgIpc) is 2.86. The molecule has 0 aliphatic rings. The fraction of sp³-hybridized carbons (Fsp3) is 0.613. The summed E-state index contributed by atoms with van der Waals surface area (Å²) in [4.78, 5) is 53.9. The number of rotatable bonds is 16. The number of benzene rings is 1. The van der Waals surface area contributed by atoms with E-state index < -0.39 is 35.6 Å². The van der Waals surface area contributed by atoms with Crippen LogP contribution in [0.15, 0.2) is 24.3 Å². The molecule has 1 aromatic rings. The molecule has 222 valence electrons. The molecular formula is C31H48N4O5. The number of nitrogens with two attached hydrogens (primary N) is 1. The van der Waals surface area contributed by atoms with Gasteiger partial charge in [0.15, 0.2) is 0 Å². The van der Waals surface area contributed by atoms with Gasteiger partial charge in [-0.2, -0.15) is 0 Å². The highest BCUT2D eigenvalue weighted by Gasteiger charge is 2.37. The second-order valence-corrected chi connectivity index (χ2v) is 11.1. The number of nitrogens with one attached hydrogen (secondary N) is 2. The topological polar surface area (TPSA) is 131 Å². The van der Waals surface area contributed by atoms with E-state index in [4.69, 9.17) is 16.9 Å². The monoisotopic (exact) mass is 556 g/mol. The third-order valence-electron chi connectivity index (χ3n) is 6.29. The molecule has 0 aromatic heterocycles. The van der Waals surface area contributed by atoms with Gasteiger partial charge in [0.25, 0.3) is 0 Å². The van der Waals surface area contributed by atoms with Crippen molar-refractivity contribution in [2.24, 2.45) is 5.73 Å². The van der Waals surface area contributed by atoms with E-state index >= 15 is 0 Å². The summed E-state index contributed by atoms with van der Waals surface area (Å²) in [6.07, 6.45) is 9.92. The van der Waals surface area contributed by atoms with Gasteiger partial charge in [-0.15, -0.1) is 6.42 Å². The molecule has 0 aliphatic heterocycles. The predicted octanol–water partition coefficient (Wildman–Crippen LogP) is 4.58. The Labute approximate surface area is 240 Å². The highest BCUT2D eigenvalue weighted by atomic mass is 16.6. The second kappa shape index (κ2) is 17.2. The maximum atomic E-state index is 14.2. The number of carbonyl (C=O) groups is 4. The van der Waals surface area contributed by atoms with Crippen molar-refractivity contribution in [3.63, 3.8) is 0 Å². The van der Waals surface area contributed by atoms with Crippen molar-refractivity contribution in [3.8, 4) is 12.3 Å². The molecule has 1 rings (SSSR count). The molecular weight excluding hydrogens is 508 g/mol. The van der Waals surface area contributed by atoms with Crippen LogP contribution in [-0.2, 0) is 19.1 Å². The molecule has 0 spiro atoms. The van der Waals surface area contributed by atoms with E-state index in [2.05, 4.69) is 23.5 Å². The summed E-state index contributed by atoms with van der Waals surface area (Å²) in [6.45, 7) is 11.4. The average molecular weight is 557 g/mol. The fourth-order valence-electron chi connectivity index (χ4n) is 4.41. The third kappa shape index (κ3) is 12.1. The molecule has 0 heterocycles. The summed E-state index contributed by atoms with van der Waals surface area (Å²) in [5.74, 6) is 1.15. The molecule has 3 unspecified atom stereocenters. The van der Waals surface area contributed by atoms with E-state index in [0.29, 0.717) is 17.5 Å².